The molecule has 0 radical (unpaired) electrons. The Morgan fingerprint density at radius 3 is 2.42 bits per heavy atom. The van der Waals surface area contributed by atoms with Crippen molar-refractivity contribution in [2.24, 2.45) is 5.41 Å². The van der Waals surface area contributed by atoms with Crippen molar-refractivity contribution in [3.8, 4) is 5.75 Å². The molecule has 144 valence electrons. The minimum Gasteiger partial charge on any atom is -0.481 e. The van der Waals surface area contributed by atoms with Crippen LogP contribution in [0, 0.1) is 5.41 Å². The molecule has 1 aliphatic carbocycles. The summed E-state index contributed by atoms with van der Waals surface area (Å²) in [6, 6.07) is 7.40. The van der Waals surface area contributed by atoms with Gasteiger partial charge in [-0.1, -0.05) is 13.8 Å². The Hall–Kier alpha value is -1.73. The summed E-state index contributed by atoms with van der Waals surface area (Å²) >= 11 is 1.62. The molecule has 0 bridgehead atoms. The normalized spacial score (nSPS) is 25.0. The smallest absolute Gasteiger partial charge is 0.330 e. The largest absolute Gasteiger partial charge is 0.481 e. The van der Waals surface area contributed by atoms with E-state index in [-0.39, 0.29) is 12.5 Å². The predicted molar refractivity (Wildman–Crippen MR) is 101 cm³/mol. The van der Waals surface area contributed by atoms with Crippen molar-refractivity contribution in [2.75, 3.05) is 12.9 Å². The van der Waals surface area contributed by atoms with Gasteiger partial charge >= 0.3 is 5.97 Å². The molecule has 7 heteroatoms. The van der Waals surface area contributed by atoms with Crippen molar-refractivity contribution in [1.82, 2.24) is 5.32 Å². The number of thioether (sulfide) groups is 1. The first kappa shape index (κ1) is 20.6. The molecule has 0 saturated heterocycles. The molecular weight excluding hydrogens is 354 g/mol. The van der Waals surface area contributed by atoms with Gasteiger partial charge in [-0.05, 0) is 44.4 Å². The standard InChI is InChI=1S/C19H27NO5S/c1-6-24-15-11-19(17(22)23,18(15,3)4)20-16(21)12(2)25-13-7-9-14(26-5)10-8-13/h7-10,12,15H,6,11H2,1-5H3,(H,20,21)(H,22,23). The van der Waals surface area contributed by atoms with Gasteiger partial charge in [-0.3, -0.25) is 4.79 Å². The summed E-state index contributed by atoms with van der Waals surface area (Å²) in [6.45, 7) is 7.59. The summed E-state index contributed by atoms with van der Waals surface area (Å²) in [5.74, 6) is -0.942. The summed E-state index contributed by atoms with van der Waals surface area (Å²) < 4.78 is 11.3. The Kier molecular flexibility index (Phi) is 6.24. The Balaban J connectivity index is 2.07. The molecule has 1 fully saturated rings. The number of carbonyl (C=O) groups excluding carboxylic acids is 1. The first-order valence-electron chi connectivity index (χ1n) is 8.65. The number of aliphatic carboxylic acids is 1. The minimum absolute atomic E-state index is 0.209. The van der Waals surface area contributed by atoms with Gasteiger partial charge in [-0.2, -0.15) is 0 Å². The van der Waals surface area contributed by atoms with E-state index >= 15 is 0 Å². The SMILES string of the molecule is CCOC1CC(NC(=O)C(C)Oc2ccc(SC)cc2)(C(=O)O)C1(C)C. The molecule has 3 atom stereocenters. The number of nitrogens with one attached hydrogen (secondary N) is 1. The molecule has 0 aliphatic heterocycles. The van der Waals surface area contributed by atoms with Gasteiger partial charge in [-0.25, -0.2) is 4.79 Å². The van der Waals surface area contributed by atoms with Crippen LogP contribution in [0.1, 0.15) is 34.1 Å². The number of benzene rings is 1. The number of carboxylic acids is 1. The van der Waals surface area contributed by atoms with Crippen molar-refractivity contribution in [3.05, 3.63) is 24.3 Å². The second-order valence-corrected chi connectivity index (χ2v) is 7.88. The highest BCUT2D eigenvalue weighted by Gasteiger charge is 2.66. The van der Waals surface area contributed by atoms with Gasteiger partial charge in [0.2, 0.25) is 0 Å². The molecule has 1 amide bonds. The van der Waals surface area contributed by atoms with Gasteiger partial charge < -0.3 is 19.9 Å². The van der Waals surface area contributed by atoms with Crippen molar-refractivity contribution in [3.63, 3.8) is 0 Å². The highest BCUT2D eigenvalue weighted by Crippen LogP contribution is 2.51. The Morgan fingerprint density at radius 2 is 1.96 bits per heavy atom. The van der Waals surface area contributed by atoms with E-state index in [4.69, 9.17) is 9.47 Å². The molecule has 1 saturated carbocycles. The monoisotopic (exact) mass is 381 g/mol. The molecule has 1 aliphatic rings. The van der Waals surface area contributed by atoms with Crippen LogP contribution in [0.25, 0.3) is 0 Å². The van der Waals surface area contributed by atoms with Crippen LogP contribution in [-0.2, 0) is 14.3 Å². The van der Waals surface area contributed by atoms with Crippen LogP contribution < -0.4 is 10.1 Å². The number of hydrogen-bond donors (Lipinski definition) is 2. The number of hydrogen-bond acceptors (Lipinski definition) is 5. The highest BCUT2D eigenvalue weighted by atomic mass is 32.2. The molecule has 0 spiro atoms. The molecule has 0 aromatic heterocycles. The Morgan fingerprint density at radius 1 is 1.35 bits per heavy atom. The lowest BCUT2D eigenvalue weighted by molar-refractivity contribution is -0.195. The lowest BCUT2D eigenvalue weighted by Gasteiger charge is -2.58. The molecule has 2 N–H and O–H groups in total. The fourth-order valence-electron chi connectivity index (χ4n) is 3.26. The zero-order valence-electron chi connectivity index (χ0n) is 15.9. The zero-order valence-corrected chi connectivity index (χ0v) is 16.7. The lowest BCUT2D eigenvalue weighted by atomic mass is 9.54. The number of carbonyl (C=O) groups is 2. The predicted octanol–water partition coefficient (Wildman–Crippen LogP) is 2.95. The number of amides is 1. The fourth-order valence-corrected chi connectivity index (χ4v) is 3.67. The topological polar surface area (TPSA) is 84.9 Å². The quantitative estimate of drug-likeness (QED) is 0.674. The van der Waals surface area contributed by atoms with Crippen LogP contribution >= 0.6 is 11.8 Å². The van der Waals surface area contributed by atoms with Crippen LogP contribution in [-0.4, -0.2) is 47.6 Å². The maximum atomic E-state index is 12.6. The van der Waals surface area contributed by atoms with Crippen LogP contribution in [0.4, 0.5) is 0 Å². The van der Waals surface area contributed by atoms with Gasteiger partial charge in [0.15, 0.2) is 6.10 Å². The second-order valence-electron chi connectivity index (χ2n) is 7.01. The van der Waals surface area contributed by atoms with E-state index in [0.717, 1.165) is 4.90 Å². The van der Waals surface area contributed by atoms with E-state index in [0.29, 0.717) is 12.4 Å². The average Bonchev–Trinajstić information content (AvgIpc) is 2.60. The molecule has 0 heterocycles. The van der Waals surface area contributed by atoms with Crippen molar-refractivity contribution in [1.29, 1.82) is 0 Å². The van der Waals surface area contributed by atoms with Gasteiger partial charge in [-0.15, -0.1) is 11.8 Å². The first-order valence-corrected chi connectivity index (χ1v) is 9.88. The van der Waals surface area contributed by atoms with E-state index in [2.05, 4.69) is 5.32 Å². The van der Waals surface area contributed by atoms with Crippen LogP contribution in [0.3, 0.4) is 0 Å². The molecule has 1 aromatic rings. The molecule has 1 aromatic carbocycles. The third kappa shape index (κ3) is 3.69. The summed E-state index contributed by atoms with van der Waals surface area (Å²) in [4.78, 5) is 25.6. The number of rotatable bonds is 8. The zero-order chi connectivity index (χ0) is 19.5. The van der Waals surface area contributed by atoms with Crippen LogP contribution in [0.5, 0.6) is 5.75 Å². The van der Waals surface area contributed by atoms with Crippen LogP contribution in [0.15, 0.2) is 29.2 Å². The van der Waals surface area contributed by atoms with E-state index in [1.165, 1.54) is 0 Å². The molecule has 6 nitrogen and oxygen atoms in total. The van der Waals surface area contributed by atoms with Crippen molar-refractivity contribution < 1.29 is 24.2 Å². The molecule has 3 unspecified atom stereocenters. The highest BCUT2D eigenvalue weighted by molar-refractivity contribution is 7.98. The maximum Gasteiger partial charge on any atom is 0.330 e. The fraction of sp³-hybridized carbons (Fsp3) is 0.579. The van der Waals surface area contributed by atoms with Gasteiger partial charge in [0, 0.05) is 23.3 Å². The first-order chi connectivity index (χ1) is 12.2. The van der Waals surface area contributed by atoms with Gasteiger partial charge in [0.25, 0.3) is 5.91 Å². The molecule has 26 heavy (non-hydrogen) atoms. The third-order valence-corrected chi connectivity index (χ3v) is 5.95. The lowest BCUT2D eigenvalue weighted by Crippen LogP contribution is -2.76. The molecule has 2 rings (SSSR count). The summed E-state index contributed by atoms with van der Waals surface area (Å²) in [6.07, 6.45) is 1.20. The van der Waals surface area contributed by atoms with Gasteiger partial charge in [0.05, 0.1) is 6.10 Å². The maximum absolute atomic E-state index is 12.6. The van der Waals surface area contributed by atoms with Crippen LogP contribution in [0.2, 0.25) is 0 Å². The minimum atomic E-state index is -1.36. The van der Waals surface area contributed by atoms with Gasteiger partial charge in [0.1, 0.15) is 11.3 Å². The Bertz CT molecular complexity index is 660. The Labute approximate surface area is 158 Å². The average molecular weight is 381 g/mol. The van der Waals surface area contributed by atoms with E-state index in [1.54, 1.807) is 44.7 Å². The molecular formula is C19H27NO5S. The third-order valence-electron chi connectivity index (χ3n) is 5.21. The van der Waals surface area contributed by atoms with E-state index < -0.39 is 28.9 Å². The summed E-state index contributed by atoms with van der Waals surface area (Å²) in [5.41, 5.74) is -2.07. The van der Waals surface area contributed by atoms with E-state index in [9.17, 15) is 14.7 Å². The number of ether oxygens (including phenoxy) is 2. The second kappa shape index (κ2) is 7.88. The van der Waals surface area contributed by atoms with E-state index in [1.807, 2.05) is 25.3 Å². The van der Waals surface area contributed by atoms with Crippen molar-refractivity contribution >= 4 is 23.6 Å². The van der Waals surface area contributed by atoms with Crippen molar-refractivity contribution in [2.45, 2.75) is 56.8 Å². The number of carboxylic acid groups (broad SMARTS) is 1. The summed E-state index contributed by atoms with van der Waals surface area (Å²) in [7, 11) is 0. The summed E-state index contributed by atoms with van der Waals surface area (Å²) in [5, 5.41) is 12.5.